The summed E-state index contributed by atoms with van der Waals surface area (Å²) in [5.74, 6) is -4.64. The minimum absolute atomic E-state index is 0.00312. The maximum Gasteiger partial charge on any atom is 0.252 e. The number of nitrogens with zero attached hydrogens (tertiary/aromatic N) is 2. The number of piperazine rings is 1. The quantitative estimate of drug-likeness (QED) is 0.158. The summed E-state index contributed by atoms with van der Waals surface area (Å²) < 4.78 is 46.7. The lowest BCUT2D eigenvalue weighted by Crippen LogP contribution is -2.62. The van der Waals surface area contributed by atoms with Gasteiger partial charge in [0.15, 0.2) is 17.4 Å². The molecule has 1 aliphatic carbocycles. The van der Waals surface area contributed by atoms with Gasteiger partial charge in [0.2, 0.25) is 17.6 Å². The Bertz CT molecular complexity index is 1780. The predicted molar refractivity (Wildman–Crippen MR) is 188 cm³/mol. The number of carbonyl (C=O) groups is 3. The summed E-state index contributed by atoms with van der Waals surface area (Å²) in [4.78, 5) is 43.0. The van der Waals surface area contributed by atoms with Crippen molar-refractivity contribution in [1.29, 1.82) is 0 Å². The van der Waals surface area contributed by atoms with Crippen LogP contribution >= 0.6 is 0 Å². The third-order valence-corrected chi connectivity index (χ3v) is 9.97. The number of nitrogens with two attached hydrogens (primary N) is 1. The smallest absolute Gasteiger partial charge is 0.252 e. The molecule has 8 nitrogen and oxygen atoms in total. The molecule has 3 aliphatic rings. The number of rotatable bonds is 15. The number of primary amides is 1. The summed E-state index contributed by atoms with van der Waals surface area (Å²) in [5.41, 5.74) is 11.2. The Morgan fingerprint density at radius 3 is 2.27 bits per heavy atom. The molecule has 3 amide bonds. The van der Waals surface area contributed by atoms with E-state index in [1.807, 2.05) is 34.1 Å². The van der Waals surface area contributed by atoms with Crippen molar-refractivity contribution in [3.8, 4) is 5.75 Å². The van der Waals surface area contributed by atoms with Gasteiger partial charge in [-0.3, -0.25) is 14.4 Å². The third-order valence-electron chi connectivity index (χ3n) is 9.97. The molecular formula is C40H45F3N4O4. The molecule has 3 aromatic rings. The van der Waals surface area contributed by atoms with Gasteiger partial charge in [-0.2, -0.15) is 4.39 Å². The molecule has 0 spiro atoms. The molecular weight excluding hydrogens is 657 g/mol. The maximum atomic E-state index is 14.7. The van der Waals surface area contributed by atoms with Crippen LogP contribution < -0.4 is 15.8 Å². The molecule has 51 heavy (non-hydrogen) atoms. The van der Waals surface area contributed by atoms with Gasteiger partial charge in [0.05, 0.1) is 12.6 Å². The van der Waals surface area contributed by atoms with Crippen LogP contribution in [0.25, 0.3) is 5.57 Å². The fourth-order valence-corrected chi connectivity index (χ4v) is 7.10. The highest BCUT2D eigenvalue weighted by atomic mass is 19.2. The van der Waals surface area contributed by atoms with Crippen molar-refractivity contribution >= 4 is 23.3 Å². The number of hydrogen-bond donors (Lipinski definition) is 2. The lowest BCUT2D eigenvalue weighted by Gasteiger charge is -2.45. The molecule has 2 bridgehead atoms. The van der Waals surface area contributed by atoms with E-state index in [2.05, 4.69) is 36.5 Å². The monoisotopic (exact) mass is 702 g/mol. The Labute approximate surface area is 296 Å². The van der Waals surface area contributed by atoms with Crippen molar-refractivity contribution in [1.82, 2.24) is 15.1 Å². The normalized spacial score (nSPS) is 18.5. The summed E-state index contributed by atoms with van der Waals surface area (Å²) in [7, 11) is 0. The first-order valence-electron chi connectivity index (χ1n) is 17.8. The zero-order valence-corrected chi connectivity index (χ0v) is 28.9. The molecule has 270 valence electrons. The summed E-state index contributed by atoms with van der Waals surface area (Å²) in [6.07, 6.45) is 5.03. The van der Waals surface area contributed by atoms with Gasteiger partial charge >= 0.3 is 0 Å². The lowest BCUT2D eigenvalue weighted by atomic mass is 9.82. The Kier molecular flexibility index (Phi) is 11.4. The molecule has 0 aromatic heterocycles. The van der Waals surface area contributed by atoms with Gasteiger partial charge in [-0.15, -0.1) is 0 Å². The van der Waals surface area contributed by atoms with Crippen molar-refractivity contribution in [3.63, 3.8) is 0 Å². The van der Waals surface area contributed by atoms with E-state index in [4.69, 9.17) is 10.5 Å². The molecule has 3 N–H and O–H groups in total. The van der Waals surface area contributed by atoms with E-state index in [1.54, 1.807) is 0 Å². The molecule has 3 aromatic carbocycles. The lowest BCUT2D eigenvalue weighted by molar-refractivity contribution is -0.134. The van der Waals surface area contributed by atoms with E-state index in [9.17, 15) is 27.6 Å². The fourth-order valence-electron chi connectivity index (χ4n) is 7.10. The van der Waals surface area contributed by atoms with Gasteiger partial charge in [0, 0.05) is 50.1 Å². The fraction of sp³-hybridized carbons (Fsp3) is 0.425. The highest BCUT2D eigenvalue weighted by Crippen LogP contribution is 2.37. The van der Waals surface area contributed by atoms with Crippen LogP contribution in [-0.2, 0) is 27.2 Å². The summed E-state index contributed by atoms with van der Waals surface area (Å²) >= 11 is 0. The average Bonchev–Trinajstić information content (AvgIpc) is 3.95. The number of amides is 3. The zero-order valence-electron chi connectivity index (χ0n) is 28.9. The predicted octanol–water partition coefficient (Wildman–Crippen LogP) is 5.64. The highest BCUT2D eigenvalue weighted by molar-refractivity contribution is 6.03. The molecule has 11 heteroatoms. The minimum Gasteiger partial charge on any atom is -0.488 e. The Hall–Kier alpha value is -4.64. The van der Waals surface area contributed by atoms with Gasteiger partial charge in [0.25, 0.3) is 5.91 Å². The number of nitrogens with one attached hydrogen (secondary N) is 1. The van der Waals surface area contributed by atoms with Crippen LogP contribution in [0.5, 0.6) is 5.75 Å². The number of ether oxygens (including phenoxy) is 1. The molecule has 2 fully saturated rings. The number of halogens is 3. The first kappa shape index (κ1) is 36.2. The van der Waals surface area contributed by atoms with Gasteiger partial charge in [-0.1, -0.05) is 54.1 Å². The largest absolute Gasteiger partial charge is 0.488 e. The number of aryl methyl sites for hydroxylation is 2. The van der Waals surface area contributed by atoms with E-state index in [0.29, 0.717) is 50.9 Å². The highest BCUT2D eigenvalue weighted by Gasteiger charge is 2.43. The van der Waals surface area contributed by atoms with Crippen LogP contribution in [0.1, 0.15) is 67.2 Å². The molecule has 1 saturated carbocycles. The second-order valence-electron chi connectivity index (χ2n) is 13.9. The van der Waals surface area contributed by atoms with Gasteiger partial charge < -0.3 is 25.6 Å². The number of hydrogen-bond acceptors (Lipinski definition) is 5. The average molecular weight is 703 g/mol. The van der Waals surface area contributed by atoms with Crippen molar-refractivity contribution < 1.29 is 32.3 Å². The second kappa shape index (κ2) is 16.1. The number of benzene rings is 3. The van der Waals surface area contributed by atoms with Crippen LogP contribution in [0.2, 0.25) is 0 Å². The van der Waals surface area contributed by atoms with Gasteiger partial charge in [-0.25, -0.2) is 8.78 Å². The van der Waals surface area contributed by atoms with Crippen LogP contribution in [0.4, 0.5) is 13.2 Å². The van der Waals surface area contributed by atoms with Crippen LogP contribution in [0.3, 0.4) is 0 Å². The van der Waals surface area contributed by atoms with Gasteiger partial charge in [-0.05, 0) is 86.3 Å². The molecule has 2 heterocycles. The molecule has 0 radical (unpaired) electrons. The first-order chi connectivity index (χ1) is 24.6. The SMILES string of the molecule is Cc1ccc(CCN(C(=O)C2=C(c3ccc(CCCOc4c(F)ccc(F)c4F)cc3)C[C@@H]3CN(C(=O)CCCC(N)=O)C[C@H]2N3)C2CC2)cc1. The molecule has 6 rings (SSSR count). The van der Waals surface area contributed by atoms with Crippen LogP contribution in [0.15, 0.2) is 66.2 Å². The third kappa shape index (κ3) is 9.00. The van der Waals surface area contributed by atoms with E-state index in [0.717, 1.165) is 48.1 Å². The van der Waals surface area contributed by atoms with Crippen molar-refractivity contribution in [2.45, 2.75) is 82.8 Å². The molecule has 0 unspecified atom stereocenters. The van der Waals surface area contributed by atoms with E-state index >= 15 is 0 Å². The van der Waals surface area contributed by atoms with Crippen molar-refractivity contribution in [3.05, 3.63) is 106 Å². The number of carbonyl (C=O) groups excluding carboxylic acids is 3. The summed E-state index contributed by atoms with van der Waals surface area (Å²) in [6, 6.07) is 17.7. The Morgan fingerprint density at radius 2 is 1.57 bits per heavy atom. The summed E-state index contributed by atoms with van der Waals surface area (Å²) in [5, 5.41) is 3.64. The zero-order chi connectivity index (χ0) is 36.1. The number of fused-ring (bicyclic) bond motifs is 2. The Morgan fingerprint density at radius 1 is 0.882 bits per heavy atom. The van der Waals surface area contributed by atoms with E-state index < -0.39 is 29.1 Å². The maximum absolute atomic E-state index is 14.7. The Balaban J connectivity index is 1.20. The van der Waals surface area contributed by atoms with Crippen molar-refractivity contribution in [2.24, 2.45) is 5.73 Å². The molecule has 2 aliphatic heterocycles. The van der Waals surface area contributed by atoms with E-state index in [-0.39, 0.29) is 49.4 Å². The molecule has 2 atom stereocenters. The van der Waals surface area contributed by atoms with E-state index in [1.165, 1.54) is 11.1 Å². The van der Waals surface area contributed by atoms with Crippen molar-refractivity contribution in [2.75, 3.05) is 26.2 Å². The van der Waals surface area contributed by atoms with Crippen LogP contribution in [0, 0.1) is 24.4 Å². The standard InChI is InChI=1S/C40H45F3N4O4/c1-25-7-9-27(10-8-25)19-20-47(30-15-16-30)40(50)37-31(22-29-23-46(24-34(37)45-29)36(49)6-2-5-35(44)48)28-13-11-26(12-14-28)4-3-21-51-39-33(42)18-17-32(41)38(39)43/h7-14,17-18,29-30,34,45H,2-6,15-16,19-24H2,1H3,(H2,44,48)/t29-,34-/m1/s1. The van der Waals surface area contributed by atoms with Crippen LogP contribution in [-0.4, -0.2) is 71.9 Å². The van der Waals surface area contributed by atoms with Gasteiger partial charge in [0.1, 0.15) is 0 Å². The summed E-state index contributed by atoms with van der Waals surface area (Å²) in [6.45, 7) is 3.52. The molecule has 1 saturated heterocycles. The minimum atomic E-state index is -1.34. The second-order valence-corrected chi connectivity index (χ2v) is 13.9. The first-order valence-corrected chi connectivity index (χ1v) is 17.8. The topological polar surface area (TPSA) is 105 Å².